The summed E-state index contributed by atoms with van der Waals surface area (Å²) in [6.07, 6.45) is 3.61. The van der Waals surface area contributed by atoms with Gasteiger partial charge in [0.25, 0.3) is 0 Å². The molecule has 19 heavy (non-hydrogen) atoms. The predicted octanol–water partition coefficient (Wildman–Crippen LogP) is 3.80. The quantitative estimate of drug-likeness (QED) is 0.820. The van der Waals surface area contributed by atoms with Crippen LogP contribution in [0, 0.1) is 35.2 Å². The lowest BCUT2D eigenvalue weighted by Crippen LogP contribution is -2.26. The van der Waals surface area contributed by atoms with Gasteiger partial charge in [0.2, 0.25) is 0 Å². The molecule has 2 fully saturated rings. The van der Waals surface area contributed by atoms with E-state index in [4.69, 9.17) is 0 Å². The average molecular weight is 269 g/mol. The molecule has 3 rings (SSSR count). The molecule has 0 heterocycles. The van der Waals surface area contributed by atoms with Gasteiger partial charge in [0.05, 0.1) is 0 Å². The Bertz CT molecular complexity index is 479. The average Bonchev–Trinajstić information content (AvgIpc) is 2.85. The molecule has 2 aliphatic carbocycles. The lowest BCUT2D eigenvalue weighted by atomic mass is 9.96. The molecule has 0 aromatic heterocycles. The van der Waals surface area contributed by atoms with Gasteiger partial charge >= 0.3 is 0 Å². The fraction of sp³-hybridized carbons (Fsp3) is 0.600. The van der Waals surface area contributed by atoms with Gasteiger partial charge < -0.3 is 5.32 Å². The summed E-state index contributed by atoms with van der Waals surface area (Å²) in [4.78, 5) is 0. The molecule has 0 radical (unpaired) electrons. The lowest BCUT2D eigenvalue weighted by molar-refractivity contribution is 0.388. The third kappa shape index (κ3) is 2.06. The minimum Gasteiger partial charge on any atom is -0.310 e. The van der Waals surface area contributed by atoms with Crippen LogP contribution in [0.15, 0.2) is 12.1 Å². The van der Waals surface area contributed by atoms with Crippen molar-refractivity contribution in [1.82, 2.24) is 5.32 Å². The first-order valence-electron chi connectivity index (χ1n) is 7.02. The van der Waals surface area contributed by atoms with E-state index in [1.165, 1.54) is 25.3 Å². The van der Waals surface area contributed by atoms with Gasteiger partial charge in [-0.15, -0.1) is 0 Å². The summed E-state index contributed by atoms with van der Waals surface area (Å²) in [5, 5.41) is 3.25. The molecular formula is C15H18F3N. The van der Waals surface area contributed by atoms with Crippen LogP contribution in [0.2, 0.25) is 0 Å². The highest BCUT2D eigenvalue weighted by Gasteiger charge is 2.56. The summed E-state index contributed by atoms with van der Waals surface area (Å²) in [6.45, 7) is 2.64. The van der Waals surface area contributed by atoms with Crippen LogP contribution in [0.1, 0.15) is 37.8 Å². The van der Waals surface area contributed by atoms with Crippen molar-refractivity contribution >= 4 is 0 Å². The maximum absolute atomic E-state index is 13.9. The SMILES string of the molecule is CCNC(c1ccc(F)c(F)c1F)C1C2CCCC21. The Morgan fingerprint density at radius 1 is 1.16 bits per heavy atom. The lowest BCUT2D eigenvalue weighted by Gasteiger charge is -2.21. The summed E-state index contributed by atoms with van der Waals surface area (Å²) < 4.78 is 40.4. The summed E-state index contributed by atoms with van der Waals surface area (Å²) >= 11 is 0. The first-order chi connectivity index (χ1) is 9.15. The van der Waals surface area contributed by atoms with E-state index in [1.54, 1.807) is 0 Å². The molecule has 0 bridgehead atoms. The van der Waals surface area contributed by atoms with Gasteiger partial charge in [-0.05, 0) is 43.2 Å². The number of halogens is 3. The van der Waals surface area contributed by atoms with Crippen molar-refractivity contribution in [3.63, 3.8) is 0 Å². The normalized spacial score (nSPS) is 30.2. The van der Waals surface area contributed by atoms with Crippen molar-refractivity contribution < 1.29 is 13.2 Å². The second-order valence-corrected chi connectivity index (χ2v) is 5.64. The minimum absolute atomic E-state index is 0.185. The number of nitrogens with one attached hydrogen (secondary N) is 1. The molecule has 0 spiro atoms. The second kappa shape index (κ2) is 4.82. The van der Waals surface area contributed by atoms with Crippen LogP contribution in [0.3, 0.4) is 0 Å². The maximum atomic E-state index is 13.9. The second-order valence-electron chi connectivity index (χ2n) is 5.64. The van der Waals surface area contributed by atoms with E-state index >= 15 is 0 Å². The van der Waals surface area contributed by atoms with Gasteiger partial charge in [0.1, 0.15) is 0 Å². The Kier molecular flexibility index (Phi) is 3.29. The van der Waals surface area contributed by atoms with Crippen molar-refractivity contribution in [2.45, 2.75) is 32.2 Å². The van der Waals surface area contributed by atoms with E-state index in [-0.39, 0.29) is 11.6 Å². The van der Waals surface area contributed by atoms with E-state index in [1.807, 2.05) is 6.92 Å². The largest absolute Gasteiger partial charge is 0.310 e. The number of benzene rings is 1. The smallest absolute Gasteiger partial charge is 0.194 e. The Morgan fingerprint density at radius 3 is 2.47 bits per heavy atom. The van der Waals surface area contributed by atoms with Crippen LogP contribution in [0.4, 0.5) is 13.2 Å². The molecule has 2 saturated carbocycles. The van der Waals surface area contributed by atoms with E-state index < -0.39 is 17.5 Å². The Hall–Kier alpha value is -1.03. The van der Waals surface area contributed by atoms with Crippen LogP contribution < -0.4 is 5.32 Å². The highest BCUT2D eigenvalue weighted by molar-refractivity contribution is 5.27. The molecule has 4 heteroatoms. The van der Waals surface area contributed by atoms with Crippen molar-refractivity contribution in [3.05, 3.63) is 35.1 Å². The number of rotatable bonds is 4. The first-order valence-corrected chi connectivity index (χ1v) is 7.02. The summed E-state index contributed by atoms with van der Waals surface area (Å²) in [5.74, 6) is -1.85. The zero-order chi connectivity index (χ0) is 13.6. The summed E-state index contributed by atoms with van der Waals surface area (Å²) in [5.41, 5.74) is 0.278. The van der Waals surface area contributed by atoms with Gasteiger partial charge in [-0.3, -0.25) is 0 Å². The van der Waals surface area contributed by atoms with E-state index in [0.717, 1.165) is 6.07 Å². The standard InChI is InChI=1S/C15H18F3N/c1-2-19-15(12-8-4-3-5-9(8)12)10-6-7-11(16)14(18)13(10)17/h6-9,12,15,19H,2-5H2,1H3. The number of hydrogen-bond acceptors (Lipinski definition) is 1. The van der Waals surface area contributed by atoms with Crippen molar-refractivity contribution in [2.24, 2.45) is 17.8 Å². The van der Waals surface area contributed by atoms with Gasteiger partial charge in [-0.2, -0.15) is 0 Å². The zero-order valence-electron chi connectivity index (χ0n) is 10.9. The van der Waals surface area contributed by atoms with Crippen molar-refractivity contribution in [1.29, 1.82) is 0 Å². The third-order valence-electron chi connectivity index (χ3n) is 4.68. The fourth-order valence-corrected chi connectivity index (χ4v) is 3.83. The van der Waals surface area contributed by atoms with Gasteiger partial charge in [0.15, 0.2) is 17.5 Å². The molecule has 0 aliphatic heterocycles. The molecule has 1 aromatic rings. The molecule has 1 N–H and O–H groups in total. The molecule has 1 aromatic carbocycles. The van der Waals surface area contributed by atoms with E-state index in [2.05, 4.69) is 5.32 Å². The number of fused-ring (bicyclic) bond motifs is 1. The highest BCUT2D eigenvalue weighted by atomic mass is 19.2. The monoisotopic (exact) mass is 269 g/mol. The topological polar surface area (TPSA) is 12.0 Å². The third-order valence-corrected chi connectivity index (χ3v) is 4.68. The van der Waals surface area contributed by atoms with Gasteiger partial charge in [-0.25, -0.2) is 13.2 Å². The first kappa shape index (κ1) is 13.0. The van der Waals surface area contributed by atoms with Gasteiger partial charge in [-0.1, -0.05) is 19.4 Å². The van der Waals surface area contributed by atoms with Crippen LogP contribution >= 0.6 is 0 Å². The molecule has 0 saturated heterocycles. The highest BCUT2D eigenvalue weighted by Crippen LogP contribution is 2.62. The van der Waals surface area contributed by atoms with Crippen LogP contribution in [-0.2, 0) is 0 Å². The van der Waals surface area contributed by atoms with Crippen LogP contribution in [-0.4, -0.2) is 6.54 Å². The molecular weight excluding hydrogens is 251 g/mol. The predicted molar refractivity (Wildman–Crippen MR) is 67.1 cm³/mol. The fourth-order valence-electron chi connectivity index (χ4n) is 3.83. The molecule has 2 aliphatic rings. The van der Waals surface area contributed by atoms with Crippen molar-refractivity contribution in [3.8, 4) is 0 Å². The van der Waals surface area contributed by atoms with Crippen molar-refractivity contribution in [2.75, 3.05) is 6.54 Å². The minimum atomic E-state index is -1.36. The Labute approximate surface area is 111 Å². The van der Waals surface area contributed by atoms with E-state index in [0.29, 0.717) is 24.3 Å². The van der Waals surface area contributed by atoms with Crippen LogP contribution in [0.25, 0.3) is 0 Å². The van der Waals surface area contributed by atoms with E-state index in [9.17, 15) is 13.2 Å². The molecule has 1 nitrogen and oxygen atoms in total. The zero-order valence-corrected chi connectivity index (χ0v) is 10.9. The van der Waals surface area contributed by atoms with Gasteiger partial charge in [0, 0.05) is 11.6 Å². The number of hydrogen-bond donors (Lipinski definition) is 1. The Balaban J connectivity index is 1.90. The summed E-state index contributed by atoms with van der Waals surface area (Å²) in [7, 11) is 0. The molecule has 0 amide bonds. The van der Waals surface area contributed by atoms with Crippen LogP contribution in [0.5, 0.6) is 0 Å². The maximum Gasteiger partial charge on any atom is 0.194 e. The summed E-state index contributed by atoms with van der Waals surface area (Å²) in [6, 6.07) is 2.22. The Morgan fingerprint density at radius 2 is 1.84 bits per heavy atom. The molecule has 3 atom stereocenters. The molecule has 104 valence electrons. The molecule has 3 unspecified atom stereocenters.